The highest BCUT2D eigenvalue weighted by Gasteiger charge is 2.51. The van der Waals surface area contributed by atoms with Gasteiger partial charge in [0.2, 0.25) is 17.5 Å². The summed E-state index contributed by atoms with van der Waals surface area (Å²) in [7, 11) is 0. The summed E-state index contributed by atoms with van der Waals surface area (Å²) in [5, 5.41) is 84.5. The minimum atomic E-state index is -1.87. The number of phenols is 3. The van der Waals surface area contributed by atoms with Crippen molar-refractivity contribution in [3.05, 3.63) is 46.6 Å². The van der Waals surface area contributed by atoms with E-state index in [9.17, 15) is 45.6 Å². The van der Waals surface area contributed by atoms with E-state index in [-0.39, 0.29) is 46.5 Å². The second-order valence-corrected chi connectivity index (χ2v) is 13.6. The number of hydrogen-bond donors (Lipinski definition) is 8. The predicted molar refractivity (Wildman–Crippen MR) is 175 cm³/mol. The molecular weight excluding hydrogens is 676 g/mol. The Bertz CT molecular complexity index is 1730. The molecule has 16 heteroatoms. The van der Waals surface area contributed by atoms with Gasteiger partial charge >= 0.3 is 0 Å². The lowest BCUT2D eigenvalue weighted by molar-refractivity contribution is -0.359. The highest BCUT2D eigenvalue weighted by Crippen LogP contribution is 2.39. The molecule has 2 aromatic carbocycles. The zero-order valence-electron chi connectivity index (χ0n) is 28.3. The van der Waals surface area contributed by atoms with Gasteiger partial charge < -0.3 is 73.7 Å². The van der Waals surface area contributed by atoms with Crippen molar-refractivity contribution >= 4 is 11.0 Å². The Morgan fingerprint density at radius 1 is 0.765 bits per heavy atom. The molecule has 0 spiro atoms. The third-order valence-electron chi connectivity index (χ3n) is 10.1. The fraction of sp³-hybridized carbons (Fsp3) is 0.571. The smallest absolute Gasteiger partial charge is 0.239 e. The third kappa shape index (κ3) is 7.26. The van der Waals surface area contributed by atoms with Crippen LogP contribution in [0.3, 0.4) is 0 Å². The molecule has 8 N–H and O–H groups in total. The van der Waals surface area contributed by atoms with E-state index in [1.165, 1.54) is 31.2 Å². The average molecular weight is 721 g/mol. The van der Waals surface area contributed by atoms with Gasteiger partial charge in [0.15, 0.2) is 24.4 Å². The second kappa shape index (κ2) is 14.8. The number of aliphatic hydroxyl groups is 5. The lowest BCUT2D eigenvalue weighted by Gasteiger charge is -2.46. The summed E-state index contributed by atoms with van der Waals surface area (Å²) >= 11 is 0. The number of ether oxygens (including phenoxy) is 6. The van der Waals surface area contributed by atoms with Crippen molar-refractivity contribution in [1.29, 1.82) is 0 Å². The van der Waals surface area contributed by atoms with Crippen LogP contribution in [0.4, 0.5) is 0 Å². The summed E-state index contributed by atoms with van der Waals surface area (Å²) in [5.41, 5.74) is -0.900. The number of benzene rings is 2. The van der Waals surface area contributed by atoms with Crippen LogP contribution in [-0.4, -0.2) is 122 Å². The molecule has 280 valence electrons. The maximum atomic E-state index is 13.9. The summed E-state index contributed by atoms with van der Waals surface area (Å²) in [6, 6.07) is 7.49. The number of fused-ring (bicyclic) bond motifs is 1. The Hall–Kier alpha value is -3.55. The number of aliphatic hydroxyl groups excluding tert-OH is 5. The van der Waals surface area contributed by atoms with Crippen LogP contribution in [-0.2, 0) is 23.7 Å². The van der Waals surface area contributed by atoms with Crippen molar-refractivity contribution in [2.24, 2.45) is 17.8 Å². The monoisotopic (exact) mass is 720 g/mol. The van der Waals surface area contributed by atoms with Crippen LogP contribution in [0.5, 0.6) is 23.0 Å². The number of phenolic OH excluding ortho intramolecular Hbond substituents is 3. The molecule has 51 heavy (non-hydrogen) atoms. The van der Waals surface area contributed by atoms with Gasteiger partial charge in [0.1, 0.15) is 64.8 Å². The molecule has 3 aliphatic heterocycles. The van der Waals surface area contributed by atoms with Gasteiger partial charge in [-0.2, -0.15) is 0 Å². The van der Waals surface area contributed by atoms with Crippen LogP contribution < -0.4 is 10.2 Å². The molecule has 16 nitrogen and oxygen atoms in total. The maximum Gasteiger partial charge on any atom is 0.239 e. The normalized spacial score (nSPS) is 37.4. The molecule has 0 radical (unpaired) electrons. The third-order valence-corrected chi connectivity index (χ3v) is 10.1. The maximum absolute atomic E-state index is 13.9. The van der Waals surface area contributed by atoms with E-state index < -0.39 is 90.4 Å². The SMILES string of the molecule is CC1COC(OCC2OC(OC3C(Oc4c(-c5ccc(O)cc5)oc5cc(O)cc(O)c5c4=O)OC(C)C(O)C3O)C(O)C(O)C2O)C(C)C1C. The molecule has 0 bridgehead atoms. The fourth-order valence-corrected chi connectivity index (χ4v) is 6.56. The molecule has 3 saturated heterocycles. The number of hydrogen-bond acceptors (Lipinski definition) is 16. The Morgan fingerprint density at radius 3 is 2.18 bits per heavy atom. The standard InChI is InChI=1S/C35H44O16/c1-13-11-45-33(15(3)14(13)2)46-12-22-25(40)27(42)29(44)34(49-22)51-32-28(43)24(39)16(4)47-35(32)50-31-26(41)23-20(38)9-19(37)10-21(23)48-30(31)17-5-7-18(36)8-6-17/h5-10,13-16,22,24-25,27-29,32-40,42-44H,11-12H2,1-4H3. The number of rotatable bonds is 8. The first kappa shape index (κ1) is 37.2. The topological polar surface area (TPSA) is 247 Å². The molecule has 14 unspecified atom stereocenters. The molecule has 6 rings (SSSR count). The van der Waals surface area contributed by atoms with Crippen molar-refractivity contribution in [3.63, 3.8) is 0 Å². The largest absolute Gasteiger partial charge is 0.508 e. The number of aromatic hydroxyl groups is 3. The van der Waals surface area contributed by atoms with Gasteiger partial charge in [0, 0.05) is 23.6 Å². The molecule has 4 heterocycles. The lowest BCUT2D eigenvalue weighted by atomic mass is 9.83. The molecule has 3 aliphatic rings. The first-order valence-corrected chi connectivity index (χ1v) is 16.7. The zero-order chi connectivity index (χ0) is 36.9. The molecule has 1 aromatic heterocycles. The predicted octanol–water partition coefficient (Wildman–Crippen LogP) is 0.896. The summed E-state index contributed by atoms with van der Waals surface area (Å²) in [5.74, 6) is -1.30. The van der Waals surface area contributed by atoms with Crippen molar-refractivity contribution < 1.29 is 73.7 Å². The van der Waals surface area contributed by atoms with E-state index >= 15 is 0 Å². The van der Waals surface area contributed by atoms with E-state index in [0.717, 1.165) is 12.1 Å². The van der Waals surface area contributed by atoms with Crippen LogP contribution >= 0.6 is 0 Å². The summed E-state index contributed by atoms with van der Waals surface area (Å²) in [6.07, 6.45) is -16.7. The van der Waals surface area contributed by atoms with Gasteiger partial charge in [-0.15, -0.1) is 0 Å². The average Bonchev–Trinajstić information content (AvgIpc) is 3.09. The van der Waals surface area contributed by atoms with Gasteiger partial charge in [0.25, 0.3) is 0 Å². The summed E-state index contributed by atoms with van der Waals surface area (Å²) in [6.45, 7) is 7.74. The van der Waals surface area contributed by atoms with E-state index in [1.54, 1.807) is 0 Å². The highest BCUT2D eigenvalue weighted by atomic mass is 16.8. The Kier molecular flexibility index (Phi) is 10.8. The van der Waals surface area contributed by atoms with Crippen LogP contribution in [0.25, 0.3) is 22.3 Å². The summed E-state index contributed by atoms with van der Waals surface area (Å²) in [4.78, 5) is 13.9. The minimum Gasteiger partial charge on any atom is -0.508 e. The van der Waals surface area contributed by atoms with Gasteiger partial charge in [-0.05, 0) is 43.0 Å². The molecule has 14 atom stereocenters. The first-order chi connectivity index (χ1) is 24.2. The fourth-order valence-electron chi connectivity index (χ4n) is 6.56. The molecule has 3 fully saturated rings. The van der Waals surface area contributed by atoms with E-state index in [2.05, 4.69) is 13.8 Å². The lowest BCUT2D eigenvalue weighted by Crippen LogP contribution is -2.64. The Morgan fingerprint density at radius 2 is 1.47 bits per heavy atom. The molecular formula is C35H44O16. The van der Waals surface area contributed by atoms with Crippen molar-refractivity contribution in [2.45, 2.75) is 95.4 Å². The van der Waals surface area contributed by atoms with Crippen molar-refractivity contribution in [3.8, 4) is 34.3 Å². The van der Waals surface area contributed by atoms with Crippen LogP contribution in [0.2, 0.25) is 0 Å². The second-order valence-electron chi connectivity index (χ2n) is 13.6. The Balaban J connectivity index is 1.30. The first-order valence-electron chi connectivity index (χ1n) is 16.7. The highest BCUT2D eigenvalue weighted by molar-refractivity contribution is 5.88. The quantitative estimate of drug-likeness (QED) is 0.161. The molecule has 3 aromatic rings. The van der Waals surface area contributed by atoms with Crippen molar-refractivity contribution in [1.82, 2.24) is 0 Å². The van der Waals surface area contributed by atoms with Crippen LogP contribution in [0.1, 0.15) is 27.7 Å². The minimum absolute atomic E-state index is 0.000204. The zero-order valence-corrected chi connectivity index (χ0v) is 28.3. The van der Waals surface area contributed by atoms with Gasteiger partial charge in [-0.25, -0.2) is 0 Å². The molecule has 0 aliphatic carbocycles. The summed E-state index contributed by atoms with van der Waals surface area (Å²) < 4.78 is 41.4. The van der Waals surface area contributed by atoms with E-state index in [0.29, 0.717) is 12.5 Å². The van der Waals surface area contributed by atoms with Gasteiger partial charge in [-0.1, -0.05) is 20.8 Å². The van der Waals surface area contributed by atoms with E-state index in [4.69, 9.17) is 32.8 Å². The van der Waals surface area contributed by atoms with Crippen molar-refractivity contribution in [2.75, 3.05) is 13.2 Å². The van der Waals surface area contributed by atoms with E-state index in [1.807, 2.05) is 6.92 Å². The van der Waals surface area contributed by atoms with Crippen LogP contribution in [0, 0.1) is 17.8 Å². The van der Waals surface area contributed by atoms with Gasteiger partial charge in [-0.3, -0.25) is 4.79 Å². The van der Waals surface area contributed by atoms with Crippen LogP contribution in [0.15, 0.2) is 45.6 Å². The molecule has 0 saturated carbocycles. The van der Waals surface area contributed by atoms with Gasteiger partial charge in [0.05, 0.1) is 19.3 Å². The molecule has 0 amide bonds. The Labute approximate surface area is 291 Å².